The second-order valence-corrected chi connectivity index (χ2v) is 4.55. The number of hydrogen-bond donors (Lipinski definition) is 2. The Kier molecular flexibility index (Phi) is 1.41. The molecule has 4 rings (SSSR count). The van der Waals surface area contributed by atoms with E-state index in [0.717, 1.165) is 28.3 Å². The highest BCUT2D eigenvalue weighted by Gasteiger charge is 2.24. The van der Waals surface area contributed by atoms with Crippen LogP contribution in [0.3, 0.4) is 0 Å². The summed E-state index contributed by atoms with van der Waals surface area (Å²) in [6, 6.07) is 5.95. The van der Waals surface area contributed by atoms with Crippen molar-refractivity contribution in [3.05, 3.63) is 40.5 Å². The third-order valence-electron chi connectivity index (χ3n) is 3.20. The topological polar surface area (TPSA) is 44.5 Å². The molecular weight excluding hydrogens is 222 g/mol. The molecule has 1 aromatic carbocycles. The quantitative estimate of drug-likeness (QED) is 0.478. The summed E-state index contributed by atoms with van der Waals surface area (Å²) in [5.74, 6) is 0. The van der Waals surface area contributed by atoms with Crippen LogP contribution < -0.4 is 0 Å². The number of aromatic nitrogens is 3. The van der Waals surface area contributed by atoms with E-state index >= 15 is 0 Å². The largest absolute Gasteiger partial charge is 0.353 e. The lowest BCUT2D eigenvalue weighted by Crippen LogP contribution is -1.78. The van der Waals surface area contributed by atoms with Gasteiger partial charge in [0.05, 0.1) is 17.6 Å². The van der Waals surface area contributed by atoms with Crippen LogP contribution in [0.5, 0.6) is 0 Å². The summed E-state index contributed by atoms with van der Waals surface area (Å²) in [4.78, 5) is 3.42. The minimum absolute atomic E-state index is 0.781. The summed E-state index contributed by atoms with van der Waals surface area (Å²) in [7, 11) is 0. The number of benzene rings is 1. The second-order valence-electron chi connectivity index (χ2n) is 4.12. The van der Waals surface area contributed by atoms with Gasteiger partial charge in [0, 0.05) is 27.9 Å². The van der Waals surface area contributed by atoms with Gasteiger partial charge in [-0.2, -0.15) is 5.10 Å². The van der Waals surface area contributed by atoms with Gasteiger partial charge in [-0.25, -0.2) is 0 Å². The maximum atomic E-state index is 6.03. The van der Waals surface area contributed by atoms with Gasteiger partial charge in [0.2, 0.25) is 0 Å². The number of nitrogens with one attached hydrogen (secondary N) is 2. The summed E-state index contributed by atoms with van der Waals surface area (Å²) >= 11 is 6.03. The smallest absolute Gasteiger partial charge is 0.0851 e. The third-order valence-corrected chi connectivity index (χ3v) is 3.44. The number of rotatable bonds is 0. The summed E-state index contributed by atoms with van der Waals surface area (Å²) < 4.78 is 0. The predicted molar refractivity (Wildman–Crippen MR) is 63.7 cm³/mol. The molecule has 0 spiro atoms. The highest BCUT2D eigenvalue weighted by molar-refractivity contribution is 6.31. The molecule has 1 aliphatic rings. The Morgan fingerprint density at radius 2 is 2.19 bits per heavy atom. The van der Waals surface area contributed by atoms with E-state index in [1.54, 1.807) is 0 Å². The molecule has 0 saturated carbocycles. The number of hydrogen-bond acceptors (Lipinski definition) is 1. The first kappa shape index (κ1) is 8.42. The van der Waals surface area contributed by atoms with Gasteiger partial charge in [-0.3, -0.25) is 5.10 Å². The van der Waals surface area contributed by atoms with Crippen molar-refractivity contribution >= 4 is 22.5 Å². The number of H-pyrrole nitrogens is 2. The molecule has 0 atom stereocenters. The van der Waals surface area contributed by atoms with Crippen LogP contribution in [0, 0.1) is 0 Å². The zero-order valence-corrected chi connectivity index (χ0v) is 9.10. The first-order chi connectivity index (χ1) is 7.83. The first-order valence-electron chi connectivity index (χ1n) is 5.15. The van der Waals surface area contributed by atoms with E-state index in [9.17, 15) is 0 Å². The van der Waals surface area contributed by atoms with Gasteiger partial charge in [0.25, 0.3) is 0 Å². The van der Waals surface area contributed by atoms with E-state index in [1.807, 2.05) is 24.4 Å². The van der Waals surface area contributed by atoms with Gasteiger partial charge in [-0.15, -0.1) is 0 Å². The molecule has 1 aliphatic carbocycles. The van der Waals surface area contributed by atoms with Gasteiger partial charge >= 0.3 is 0 Å². The highest BCUT2D eigenvalue weighted by Crippen LogP contribution is 2.39. The van der Waals surface area contributed by atoms with Gasteiger partial charge in [-0.05, 0) is 23.8 Å². The second kappa shape index (κ2) is 2.68. The summed E-state index contributed by atoms with van der Waals surface area (Å²) in [5.41, 5.74) is 5.98. The van der Waals surface area contributed by atoms with Gasteiger partial charge in [0.15, 0.2) is 0 Å². The number of aromatic amines is 2. The molecule has 0 amide bonds. The lowest BCUT2D eigenvalue weighted by Gasteiger charge is -1.94. The van der Waals surface area contributed by atoms with E-state index in [1.165, 1.54) is 16.5 Å². The molecule has 0 unspecified atom stereocenters. The Labute approximate surface area is 96.4 Å². The van der Waals surface area contributed by atoms with Crippen molar-refractivity contribution in [1.29, 1.82) is 0 Å². The Morgan fingerprint density at radius 3 is 3.12 bits per heavy atom. The summed E-state index contributed by atoms with van der Waals surface area (Å²) in [6.45, 7) is 0. The molecule has 3 aromatic rings. The van der Waals surface area contributed by atoms with Crippen LogP contribution in [-0.4, -0.2) is 15.2 Å². The van der Waals surface area contributed by atoms with Crippen LogP contribution in [0.4, 0.5) is 0 Å². The van der Waals surface area contributed by atoms with Crippen LogP contribution >= 0.6 is 11.6 Å². The Bertz CT molecular complexity index is 708. The molecule has 16 heavy (non-hydrogen) atoms. The normalized spacial score (nSPS) is 13.1. The fourth-order valence-electron chi connectivity index (χ4n) is 2.47. The van der Waals surface area contributed by atoms with Crippen LogP contribution in [0.25, 0.3) is 22.3 Å². The van der Waals surface area contributed by atoms with Crippen molar-refractivity contribution in [1.82, 2.24) is 15.2 Å². The highest BCUT2D eigenvalue weighted by atomic mass is 35.5. The standard InChI is InChI=1S/C12H8ClN3/c13-7-1-2-10-8(4-7)9-3-6-5-14-16-11(6)12(9)15-10/h1-2,4-5,15H,3H2,(H,14,16). The lowest BCUT2D eigenvalue weighted by molar-refractivity contribution is 1.09. The molecule has 2 N–H and O–H groups in total. The van der Waals surface area contributed by atoms with Gasteiger partial charge in [0.1, 0.15) is 0 Å². The summed E-state index contributed by atoms with van der Waals surface area (Å²) in [6.07, 6.45) is 2.82. The Balaban J connectivity index is 2.12. The minimum atomic E-state index is 0.781. The SMILES string of the molecule is Clc1ccc2[nH]c3c(c2c1)Cc1cn[nH]c1-3. The van der Waals surface area contributed by atoms with Crippen molar-refractivity contribution in [2.45, 2.75) is 6.42 Å². The molecule has 0 fully saturated rings. The van der Waals surface area contributed by atoms with Crippen molar-refractivity contribution in [3.63, 3.8) is 0 Å². The van der Waals surface area contributed by atoms with E-state index in [2.05, 4.69) is 15.2 Å². The lowest BCUT2D eigenvalue weighted by atomic mass is 10.1. The zero-order valence-electron chi connectivity index (χ0n) is 8.34. The summed E-state index contributed by atoms with van der Waals surface area (Å²) in [5, 5.41) is 9.09. The van der Waals surface area contributed by atoms with Crippen molar-refractivity contribution in [2.24, 2.45) is 0 Å². The van der Waals surface area contributed by atoms with Crippen molar-refractivity contribution < 1.29 is 0 Å². The minimum Gasteiger partial charge on any atom is -0.353 e. The van der Waals surface area contributed by atoms with E-state index in [-0.39, 0.29) is 0 Å². The molecule has 2 heterocycles. The molecular formula is C12H8ClN3. The molecule has 2 aromatic heterocycles. The fourth-order valence-corrected chi connectivity index (χ4v) is 2.64. The molecule has 0 aliphatic heterocycles. The van der Waals surface area contributed by atoms with Gasteiger partial charge < -0.3 is 4.98 Å². The van der Waals surface area contributed by atoms with E-state index in [0.29, 0.717) is 0 Å². The maximum absolute atomic E-state index is 6.03. The Morgan fingerprint density at radius 1 is 1.25 bits per heavy atom. The van der Waals surface area contributed by atoms with Crippen molar-refractivity contribution in [2.75, 3.05) is 0 Å². The Hall–Kier alpha value is -1.74. The maximum Gasteiger partial charge on any atom is 0.0851 e. The molecule has 0 bridgehead atoms. The van der Waals surface area contributed by atoms with Gasteiger partial charge in [-0.1, -0.05) is 11.6 Å². The third kappa shape index (κ3) is 0.913. The van der Waals surface area contributed by atoms with E-state index in [4.69, 9.17) is 11.6 Å². The molecule has 4 heteroatoms. The average molecular weight is 230 g/mol. The number of nitrogens with zero attached hydrogens (tertiary/aromatic N) is 1. The monoisotopic (exact) mass is 229 g/mol. The molecule has 0 radical (unpaired) electrons. The van der Waals surface area contributed by atoms with Crippen LogP contribution in [-0.2, 0) is 6.42 Å². The van der Waals surface area contributed by atoms with Crippen LogP contribution in [0.2, 0.25) is 5.02 Å². The fraction of sp³-hybridized carbons (Fsp3) is 0.0833. The average Bonchev–Trinajstić information content (AvgIpc) is 2.88. The molecule has 0 saturated heterocycles. The zero-order chi connectivity index (χ0) is 10.7. The molecule has 78 valence electrons. The van der Waals surface area contributed by atoms with Crippen LogP contribution in [0.15, 0.2) is 24.4 Å². The van der Waals surface area contributed by atoms with Crippen LogP contribution in [0.1, 0.15) is 11.1 Å². The number of halogens is 1. The molecule has 3 nitrogen and oxygen atoms in total. The van der Waals surface area contributed by atoms with Crippen molar-refractivity contribution in [3.8, 4) is 11.4 Å². The predicted octanol–water partition coefficient (Wildman–Crippen LogP) is 3.12. The first-order valence-corrected chi connectivity index (χ1v) is 5.53. The van der Waals surface area contributed by atoms with E-state index < -0.39 is 0 Å². The number of fused-ring (bicyclic) bond motifs is 5.